The topological polar surface area (TPSA) is 58.2 Å². The number of aromatic amines is 1. The van der Waals surface area contributed by atoms with Crippen LogP contribution in [0.4, 0.5) is 8.78 Å². The van der Waals surface area contributed by atoms with Crippen LogP contribution in [0.2, 0.25) is 0 Å². The third-order valence-electron chi connectivity index (χ3n) is 3.46. The van der Waals surface area contributed by atoms with Crippen LogP contribution in [0, 0.1) is 11.6 Å². The van der Waals surface area contributed by atoms with E-state index in [9.17, 15) is 13.6 Å². The van der Waals surface area contributed by atoms with Crippen molar-refractivity contribution in [2.45, 2.75) is 17.3 Å². The summed E-state index contributed by atoms with van der Waals surface area (Å²) in [6.45, 7) is 4.05. The Balaban J connectivity index is 1.73. The zero-order valence-electron chi connectivity index (χ0n) is 11.9. The molecule has 1 aliphatic heterocycles. The first-order valence-electron chi connectivity index (χ1n) is 6.92. The molecular weight excluding hydrogens is 312 g/mol. The highest BCUT2D eigenvalue weighted by Crippen LogP contribution is 2.26. The normalized spacial score (nSPS) is 17.0. The molecule has 5 nitrogen and oxygen atoms in total. The predicted octanol–water partition coefficient (Wildman–Crippen LogP) is 2.18. The maximum absolute atomic E-state index is 13.2. The van der Waals surface area contributed by atoms with Crippen LogP contribution < -0.4 is 0 Å². The SMILES string of the molecule is C[C@@H](Sc1nc2cc(F)c(F)cc2[nH]1)C(=O)N1CCOCC1. The van der Waals surface area contributed by atoms with Crippen LogP contribution >= 0.6 is 11.8 Å². The molecule has 0 bridgehead atoms. The van der Waals surface area contributed by atoms with Gasteiger partial charge in [-0.2, -0.15) is 0 Å². The average molecular weight is 327 g/mol. The van der Waals surface area contributed by atoms with Crippen molar-refractivity contribution in [2.75, 3.05) is 26.3 Å². The van der Waals surface area contributed by atoms with Crippen LogP contribution in [0.25, 0.3) is 11.0 Å². The molecule has 1 atom stereocenters. The van der Waals surface area contributed by atoms with Crippen molar-refractivity contribution in [3.63, 3.8) is 0 Å². The molecule has 0 saturated carbocycles. The van der Waals surface area contributed by atoms with E-state index in [2.05, 4.69) is 9.97 Å². The van der Waals surface area contributed by atoms with Gasteiger partial charge in [-0.25, -0.2) is 13.8 Å². The third-order valence-corrected chi connectivity index (χ3v) is 4.43. The first kappa shape index (κ1) is 15.2. The summed E-state index contributed by atoms with van der Waals surface area (Å²) in [6.07, 6.45) is 0. The number of imidazole rings is 1. The van der Waals surface area contributed by atoms with Crippen LogP contribution in [0.5, 0.6) is 0 Å². The second-order valence-corrected chi connectivity index (χ2v) is 6.35. The standard InChI is InChI=1S/C14H15F2N3O2S/c1-8(13(20)19-2-4-21-5-3-19)22-14-17-11-6-9(15)10(16)7-12(11)18-14/h6-8H,2-5H2,1H3,(H,17,18)/t8-/m1/s1. The zero-order valence-corrected chi connectivity index (χ0v) is 12.8. The van der Waals surface area contributed by atoms with Gasteiger partial charge >= 0.3 is 0 Å². The van der Waals surface area contributed by atoms with Crippen molar-refractivity contribution in [2.24, 2.45) is 0 Å². The van der Waals surface area contributed by atoms with Crippen molar-refractivity contribution < 1.29 is 18.3 Å². The number of H-pyrrole nitrogens is 1. The number of ether oxygens (including phenoxy) is 1. The number of nitrogens with zero attached hydrogens (tertiary/aromatic N) is 2. The molecule has 0 aliphatic carbocycles. The highest BCUT2D eigenvalue weighted by atomic mass is 32.2. The van der Waals surface area contributed by atoms with Crippen LogP contribution in [0.15, 0.2) is 17.3 Å². The molecule has 0 spiro atoms. The number of nitrogens with one attached hydrogen (secondary N) is 1. The monoisotopic (exact) mass is 327 g/mol. The van der Waals surface area contributed by atoms with Crippen molar-refractivity contribution in [3.8, 4) is 0 Å². The fourth-order valence-electron chi connectivity index (χ4n) is 2.30. The van der Waals surface area contributed by atoms with Gasteiger partial charge in [-0.05, 0) is 6.92 Å². The minimum atomic E-state index is -0.937. The Morgan fingerprint density at radius 2 is 2.05 bits per heavy atom. The maximum Gasteiger partial charge on any atom is 0.236 e. The Morgan fingerprint density at radius 1 is 1.36 bits per heavy atom. The summed E-state index contributed by atoms with van der Waals surface area (Å²) in [4.78, 5) is 21.2. The van der Waals surface area contributed by atoms with Gasteiger partial charge in [-0.15, -0.1) is 0 Å². The van der Waals surface area contributed by atoms with Crippen LogP contribution in [-0.4, -0.2) is 52.3 Å². The van der Waals surface area contributed by atoms with E-state index < -0.39 is 11.6 Å². The van der Waals surface area contributed by atoms with Gasteiger partial charge in [-0.1, -0.05) is 11.8 Å². The Hall–Kier alpha value is -1.67. The summed E-state index contributed by atoms with van der Waals surface area (Å²) >= 11 is 1.24. The molecule has 1 aromatic carbocycles. The molecule has 118 valence electrons. The molecule has 0 unspecified atom stereocenters. The molecule has 1 saturated heterocycles. The number of hydrogen-bond acceptors (Lipinski definition) is 4. The van der Waals surface area contributed by atoms with E-state index in [1.807, 2.05) is 0 Å². The van der Waals surface area contributed by atoms with E-state index in [0.29, 0.717) is 42.5 Å². The van der Waals surface area contributed by atoms with Crippen molar-refractivity contribution in [1.82, 2.24) is 14.9 Å². The molecule has 8 heteroatoms. The molecule has 0 radical (unpaired) electrons. The van der Waals surface area contributed by atoms with E-state index in [0.717, 1.165) is 12.1 Å². The fraction of sp³-hybridized carbons (Fsp3) is 0.429. The Labute approximate surface area is 130 Å². The minimum Gasteiger partial charge on any atom is -0.378 e. The molecule has 1 aliphatic rings. The quantitative estimate of drug-likeness (QED) is 0.878. The summed E-state index contributed by atoms with van der Waals surface area (Å²) in [5.41, 5.74) is 0.750. The van der Waals surface area contributed by atoms with E-state index in [1.165, 1.54) is 11.8 Å². The molecule has 2 aromatic rings. The van der Waals surface area contributed by atoms with Crippen LogP contribution in [0.3, 0.4) is 0 Å². The number of hydrogen-bond donors (Lipinski definition) is 1. The number of aromatic nitrogens is 2. The predicted molar refractivity (Wildman–Crippen MR) is 78.7 cm³/mol. The number of thioether (sulfide) groups is 1. The number of halogens is 2. The van der Waals surface area contributed by atoms with Crippen LogP contribution in [0.1, 0.15) is 6.92 Å². The van der Waals surface area contributed by atoms with E-state index in [-0.39, 0.29) is 11.2 Å². The summed E-state index contributed by atoms with van der Waals surface area (Å²) in [7, 11) is 0. The third kappa shape index (κ3) is 3.07. The van der Waals surface area contributed by atoms with E-state index in [4.69, 9.17) is 4.74 Å². The largest absolute Gasteiger partial charge is 0.378 e. The maximum atomic E-state index is 13.2. The second kappa shape index (κ2) is 6.21. The Morgan fingerprint density at radius 3 is 2.77 bits per heavy atom. The molecule has 22 heavy (non-hydrogen) atoms. The minimum absolute atomic E-state index is 0.00566. The lowest BCUT2D eigenvalue weighted by Crippen LogP contribution is -2.44. The average Bonchev–Trinajstić information content (AvgIpc) is 2.89. The van der Waals surface area contributed by atoms with Gasteiger partial charge in [0, 0.05) is 25.2 Å². The van der Waals surface area contributed by atoms with Gasteiger partial charge in [0.05, 0.1) is 29.5 Å². The molecule has 3 rings (SSSR count). The van der Waals surface area contributed by atoms with Gasteiger partial charge in [0.15, 0.2) is 16.8 Å². The van der Waals surface area contributed by atoms with Crippen LogP contribution in [-0.2, 0) is 9.53 Å². The zero-order chi connectivity index (χ0) is 15.7. The van der Waals surface area contributed by atoms with E-state index >= 15 is 0 Å². The summed E-state index contributed by atoms with van der Waals surface area (Å²) < 4.78 is 31.6. The highest BCUT2D eigenvalue weighted by Gasteiger charge is 2.24. The molecule has 1 aromatic heterocycles. The summed E-state index contributed by atoms with van der Waals surface area (Å²) in [6, 6.07) is 2.11. The van der Waals surface area contributed by atoms with Crippen molar-refractivity contribution in [1.29, 1.82) is 0 Å². The van der Waals surface area contributed by atoms with Gasteiger partial charge in [-0.3, -0.25) is 4.79 Å². The van der Waals surface area contributed by atoms with Crippen molar-refractivity contribution >= 4 is 28.7 Å². The lowest BCUT2D eigenvalue weighted by Gasteiger charge is -2.28. The first-order valence-corrected chi connectivity index (χ1v) is 7.80. The Kier molecular flexibility index (Phi) is 4.30. The summed E-state index contributed by atoms with van der Waals surface area (Å²) in [5.74, 6) is -1.86. The van der Waals surface area contributed by atoms with Gasteiger partial charge in [0.2, 0.25) is 5.91 Å². The molecular formula is C14H15F2N3O2S. The van der Waals surface area contributed by atoms with Crippen molar-refractivity contribution in [3.05, 3.63) is 23.8 Å². The van der Waals surface area contributed by atoms with E-state index in [1.54, 1.807) is 11.8 Å². The number of benzene rings is 1. The number of amides is 1. The summed E-state index contributed by atoms with van der Waals surface area (Å²) in [5, 5.41) is 0.127. The second-order valence-electron chi connectivity index (χ2n) is 5.02. The smallest absolute Gasteiger partial charge is 0.236 e. The van der Waals surface area contributed by atoms with Gasteiger partial charge in [0.25, 0.3) is 0 Å². The number of carbonyl (C=O) groups excluding carboxylic acids is 1. The number of carbonyl (C=O) groups is 1. The first-order chi connectivity index (χ1) is 10.5. The molecule has 1 amide bonds. The molecule has 1 fully saturated rings. The number of morpholine rings is 1. The van der Waals surface area contributed by atoms with Gasteiger partial charge < -0.3 is 14.6 Å². The Bertz CT molecular complexity index is 662. The number of rotatable bonds is 3. The number of fused-ring (bicyclic) bond motifs is 1. The molecule has 1 N–H and O–H groups in total. The lowest BCUT2D eigenvalue weighted by atomic mass is 10.3. The molecule has 2 heterocycles. The highest BCUT2D eigenvalue weighted by molar-refractivity contribution is 8.00. The lowest BCUT2D eigenvalue weighted by molar-refractivity contribution is -0.134. The fourth-order valence-corrected chi connectivity index (χ4v) is 3.20. The van der Waals surface area contributed by atoms with Gasteiger partial charge in [0.1, 0.15) is 0 Å².